The van der Waals surface area contributed by atoms with Gasteiger partial charge in [-0.2, -0.15) is 0 Å². The molecule has 0 amide bonds. The van der Waals surface area contributed by atoms with Crippen LogP contribution < -0.4 is 0 Å². The number of aliphatic hydroxyl groups is 2. The van der Waals surface area contributed by atoms with Crippen molar-refractivity contribution < 1.29 is 34.1 Å². The second-order valence-electron chi connectivity index (χ2n) is 12.3. The maximum absolute atomic E-state index is 12.9. The van der Waals surface area contributed by atoms with Gasteiger partial charge >= 0.3 is 11.9 Å². The van der Waals surface area contributed by atoms with Gasteiger partial charge in [0.1, 0.15) is 19.0 Å². The zero-order valence-corrected chi connectivity index (χ0v) is 21.2. The first-order valence-corrected chi connectivity index (χ1v) is 13.6. The van der Waals surface area contributed by atoms with E-state index < -0.39 is 34.1 Å². The Hall–Kier alpha value is -2.58. The van der Waals surface area contributed by atoms with Gasteiger partial charge in [-0.1, -0.05) is 6.92 Å². The van der Waals surface area contributed by atoms with E-state index in [-0.39, 0.29) is 30.1 Å². The molecule has 8 nitrogen and oxygen atoms in total. The van der Waals surface area contributed by atoms with Crippen LogP contribution in [0.5, 0.6) is 0 Å². The minimum absolute atomic E-state index is 0.0699. The van der Waals surface area contributed by atoms with E-state index in [1.165, 1.54) is 6.20 Å². The molecule has 198 valence electrons. The number of ether oxygens (including phenoxy) is 2. The van der Waals surface area contributed by atoms with Crippen LogP contribution in [0.1, 0.15) is 75.1 Å². The summed E-state index contributed by atoms with van der Waals surface area (Å²) in [7, 11) is 0. The summed E-state index contributed by atoms with van der Waals surface area (Å²) >= 11 is 0. The van der Waals surface area contributed by atoms with Crippen LogP contribution in [0.4, 0.5) is 0 Å². The fourth-order valence-corrected chi connectivity index (χ4v) is 9.12. The normalized spacial score (nSPS) is 44.6. The van der Waals surface area contributed by atoms with Crippen LogP contribution in [0.2, 0.25) is 0 Å². The van der Waals surface area contributed by atoms with Crippen LogP contribution in [0.3, 0.4) is 0 Å². The van der Waals surface area contributed by atoms with E-state index in [4.69, 9.17) is 9.47 Å². The molecule has 37 heavy (non-hydrogen) atoms. The number of aromatic nitrogens is 1. The molecule has 1 aromatic rings. The molecule has 0 aromatic carbocycles. The van der Waals surface area contributed by atoms with Crippen molar-refractivity contribution in [3.8, 4) is 0 Å². The number of fused-ring (bicyclic) bond motifs is 5. The molecule has 2 unspecified atom stereocenters. The maximum Gasteiger partial charge on any atom is 0.339 e. The number of cyclic esters (lactones) is 1. The number of pyridine rings is 1. The number of rotatable bonds is 4. The molecule has 0 radical (unpaired) electrons. The summed E-state index contributed by atoms with van der Waals surface area (Å²) in [6, 6.07) is 3.32. The third-order valence-corrected chi connectivity index (χ3v) is 11.0. The van der Waals surface area contributed by atoms with E-state index in [2.05, 4.69) is 11.9 Å². The minimum Gasteiger partial charge on any atom is -0.459 e. The van der Waals surface area contributed by atoms with Crippen molar-refractivity contribution in [3.63, 3.8) is 0 Å². The third kappa shape index (κ3) is 3.41. The first-order chi connectivity index (χ1) is 17.7. The Bertz CT molecular complexity index is 1150. The fraction of sp³-hybridized carbons (Fsp3) is 0.655. The van der Waals surface area contributed by atoms with Crippen LogP contribution in [0, 0.1) is 28.6 Å². The summed E-state index contributed by atoms with van der Waals surface area (Å²) in [5.41, 5.74) is -2.33. The van der Waals surface area contributed by atoms with Crippen molar-refractivity contribution in [2.75, 3.05) is 6.61 Å². The summed E-state index contributed by atoms with van der Waals surface area (Å²) in [6.45, 7) is 2.42. The van der Waals surface area contributed by atoms with Gasteiger partial charge in [0.25, 0.3) is 0 Å². The molecule has 8 atom stereocenters. The van der Waals surface area contributed by atoms with Crippen molar-refractivity contribution in [1.82, 2.24) is 4.98 Å². The highest BCUT2D eigenvalue weighted by Crippen LogP contribution is 2.70. The van der Waals surface area contributed by atoms with E-state index >= 15 is 0 Å². The molecular formula is C29H35NO7. The van der Waals surface area contributed by atoms with E-state index in [9.17, 15) is 24.6 Å². The van der Waals surface area contributed by atoms with Crippen molar-refractivity contribution in [3.05, 3.63) is 41.7 Å². The molecule has 4 fully saturated rings. The molecule has 0 bridgehead atoms. The fourth-order valence-electron chi connectivity index (χ4n) is 9.12. The Labute approximate surface area is 216 Å². The van der Waals surface area contributed by atoms with Gasteiger partial charge in [0.05, 0.1) is 22.2 Å². The topological polar surface area (TPSA) is 123 Å². The smallest absolute Gasteiger partial charge is 0.339 e. The predicted molar refractivity (Wildman–Crippen MR) is 131 cm³/mol. The second-order valence-corrected chi connectivity index (χ2v) is 12.3. The highest BCUT2D eigenvalue weighted by Gasteiger charge is 2.71. The van der Waals surface area contributed by atoms with Crippen molar-refractivity contribution in [2.24, 2.45) is 28.6 Å². The second kappa shape index (κ2) is 8.46. The molecule has 5 aliphatic rings. The molecule has 2 heterocycles. The lowest BCUT2D eigenvalue weighted by atomic mass is 9.41. The molecule has 4 saturated carbocycles. The van der Waals surface area contributed by atoms with Crippen LogP contribution >= 0.6 is 0 Å². The quantitative estimate of drug-likeness (QED) is 0.469. The van der Waals surface area contributed by atoms with Gasteiger partial charge in [-0.3, -0.25) is 4.98 Å². The Balaban J connectivity index is 1.25. The summed E-state index contributed by atoms with van der Waals surface area (Å²) in [5.74, 6) is -0.981. The van der Waals surface area contributed by atoms with Crippen molar-refractivity contribution in [1.29, 1.82) is 0 Å². The molecule has 1 aliphatic heterocycles. The monoisotopic (exact) mass is 509 g/mol. The zero-order chi connectivity index (χ0) is 26.1. The SMILES string of the molecule is C[C@]12CCC3C(CC[C@@]4(O)C[C@@H](OC(=O)c5cccnc5)CC[C@]34C=O)[C@]1(O)CC[C@H]2C1=CC(=O)OC1. The molecule has 0 spiro atoms. The Morgan fingerprint density at radius 3 is 2.65 bits per heavy atom. The highest BCUT2D eigenvalue weighted by atomic mass is 16.5. The molecule has 8 heteroatoms. The van der Waals surface area contributed by atoms with Crippen LogP contribution in [0.15, 0.2) is 36.2 Å². The number of aldehydes is 1. The van der Waals surface area contributed by atoms with Crippen molar-refractivity contribution >= 4 is 18.2 Å². The number of hydrogen-bond donors (Lipinski definition) is 2. The zero-order valence-electron chi connectivity index (χ0n) is 21.2. The number of carbonyl (C=O) groups is 3. The van der Waals surface area contributed by atoms with E-state index in [0.29, 0.717) is 50.7 Å². The summed E-state index contributed by atoms with van der Waals surface area (Å²) in [5, 5.41) is 24.3. The van der Waals surface area contributed by atoms with Gasteiger partial charge in [0.2, 0.25) is 0 Å². The molecule has 6 rings (SSSR count). The van der Waals surface area contributed by atoms with Gasteiger partial charge < -0.3 is 24.5 Å². The van der Waals surface area contributed by atoms with Crippen molar-refractivity contribution in [2.45, 2.75) is 82.0 Å². The van der Waals surface area contributed by atoms with E-state index in [1.807, 2.05) is 0 Å². The Morgan fingerprint density at radius 1 is 1.14 bits per heavy atom. The summed E-state index contributed by atoms with van der Waals surface area (Å²) in [4.78, 5) is 41.3. The molecule has 4 aliphatic carbocycles. The first-order valence-electron chi connectivity index (χ1n) is 13.6. The van der Waals surface area contributed by atoms with Crippen LogP contribution in [-0.4, -0.2) is 57.3 Å². The lowest BCUT2D eigenvalue weighted by molar-refractivity contribution is -0.248. The number of carbonyl (C=O) groups excluding carboxylic acids is 3. The third-order valence-electron chi connectivity index (χ3n) is 11.0. The average Bonchev–Trinajstić information content (AvgIpc) is 3.43. The van der Waals surface area contributed by atoms with Crippen LogP contribution in [0.25, 0.3) is 0 Å². The Morgan fingerprint density at radius 2 is 1.95 bits per heavy atom. The van der Waals surface area contributed by atoms with Gasteiger partial charge in [0, 0.05) is 30.3 Å². The first kappa shape index (κ1) is 24.7. The highest BCUT2D eigenvalue weighted by molar-refractivity contribution is 5.89. The molecule has 0 saturated heterocycles. The maximum atomic E-state index is 12.9. The van der Waals surface area contributed by atoms with Gasteiger partial charge in [0.15, 0.2) is 0 Å². The van der Waals surface area contributed by atoms with Gasteiger partial charge in [-0.15, -0.1) is 0 Å². The molecular weight excluding hydrogens is 474 g/mol. The largest absolute Gasteiger partial charge is 0.459 e. The minimum atomic E-state index is -1.29. The molecule has 2 N–H and O–H groups in total. The number of hydrogen-bond acceptors (Lipinski definition) is 8. The van der Waals surface area contributed by atoms with Crippen LogP contribution in [-0.2, 0) is 19.1 Å². The van der Waals surface area contributed by atoms with E-state index in [0.717, 1.165) is 24.7 Å². The lowest BCUT2D eigenvalue weighted by Gasteiger charge is -2.65. The summed E-state index contributed by atoms with van der Waals surface area (Å²) < 4.78 is 10.9. The van der Waals surface area contributed by atoms with E-state index in [1.54, 1.807) is 24.4 Å². The molecule has 1 aromatic heterocycles. The lowest BCUT2D eigenvalue weighted by Crippen LogP contribution is -2.69. The van der Waals surface area contributed by atoms with Gasteiger partial charge in [-0.25, -0.2) is 9.59 Å². The Kier molecular flexibility index (Phi) is 5.66. The average molecular weight is 510 g/mol. The number of esters is 2. The van der Waals surface area contributed by atoms with Gasteiger partial charge in [-0.05, 0) is 86.8 Å². The summed E-state index contributed by atoms with van der Waals surface area (Å²) in [6.07, 6.45) is 10.0. The number of nitrogens with zero attached hydrogens (tertiary/aromatic N) is 1. The predicted octanol–water partition coefficient (Wildman–Crippen LogP) is 3.16. The standard InChI is InChI=1S/C29H35NO7/c1-26-8-5-22-23(29(26,35)11-7-21(26)19-13-24(32)36-16-19)6-10-28(34)14-20(4-9-27(22,28)17-31)37-25(33)18-3-2-12-30-15-18/h2-3,12-13,15,17,20-23,34-35H,4-11,14,16H2,1H3/t20-,21-,22?,23?,26+,27-,28+,29+/m0/s1.